The van der Waals surface area contributed by atoms with Gasteiger partial charge in [-0.25, -0.2) is 0 Å². The van der Waals surface area contributed by atoms with Crippen LogP contribution in [0.4, 0.5) is 0 Å². The van der Waals surface area contributed by atoms with Gasteiger partial charge in [0, 0.05) is 16.8 Å². The summed E-state index contributed by atoms with van der Waals surface area (Å²) >= 11 is 1.87. The molecule has 2 N–H and O–H groups in total. The zero-order chi connectivity index (χ0) is 10.0. The average molecular weight is 209 g/mol. The SMILES string of the molecule is CCCC1CC(CN)(c2cccs2)C1. The van der Waals surface area contributed by atoms with Crippen molar-refractivity contribution < 1.29 is 0 Å². The van der Waals surface area contributed by atoms with E-state index in [-0.39, 0.29) is 0 Å². The summed E-state index contributed by atoms with van der Waals surface area (Å²) in [7, 11) is 0. The molecule has 1 aromatic rings. The molecule has 0 aliphatic heterocycles. The van der Waals surface area contributed by atoms with Crippen molar-refractivity contribution in [1.29, 1.82) is 0 Å². The van der Waals surface area contributed by atoms with Gasteiger partial charge in [0.05, 0.1) is 0 Å². The summed E-state index contributed by atoms with van der Waals surface area (Å²) in [6.45, 7) is 3.10. The minimum atomic E-state index is 0.355. The quantitative estimate of drug-likeness (QED) is 0.810. The zero-order valence-corrected chi connectivity index (χ0v) is 9.65. The van der Waals surface area contributed by atoms with Gasteiger partial charge < -0.3 is 5.73 Å². The van der Waals surface area contributed by atoms with Gasteiger partial charge in [0.25, 0.3) is 0 Å². The highest BCUT2D eigenvalue weighted by Crippen LogP contribution is 2.50. The predicted molar refractivity (Wildman–Crippen MR) is 62.7 cm³/mol. The lowest BCUT2D eigenvalue weighted by molar-refractivity contribution is 0.142. The predicted octanol–water partition coefficient (Wildman–Crippen LogP) is 3.15. The zero-order valence-electron chi connectivity index (χ0n) is 8.83. The van der Waals surface area contributed by atoms with Gasteiger partial charge in [0.1, 0.15) is 0 Å². The standard InChI is InChI=1S/C12H19NS/c1-2-4-10-7-12(8-10,9-13)11-5-3-6-14-11/h3,5-6,10H,2,4,7-9,13H2,1H3. The van der Waals surface area contributed by atoms with Gasteiger partial charge in [-0.05, 0) is 30.2 Å². The lowest BCUT2D eigenvalue weighted by Gasteiger charge is -2.47. The van der Waals surface area contributed by atoms with E-state index >= 15 is 0 Å². The van der Waals surface area contributed by atoms with Gasteiger partial charge in [-0.2, -0.15) is 0 Å². The molecule has 78 valence electrons. The van der Waals surface area contributed by atoms with E-state index in [1.807, 2.05) is 11.3 Å². The van der Waals surface area contributed by atoms with E-state index in [1.165, 1.54) is 30.6 Å². The van der Waals surface area contributed by atoms with E-state index in [1.54, 1.807) is 0 Å². The summed E-state index contributed by atoms with van der Waals surface area (Å²) < 4.78 is 0. The van der Waals surface area contributed by atoms with Gasteiger partial charge in [0.15, 0.2) is 0 Å². The smallest absolute Gasteiger partial charge is 0.0175 e. The average Bonchev–Trinajstić information content (AvgIpc) is 2.63. The van der Waals surface area contributed by atoms with Crippen molar-refractivity contribution >= 4 is 11.3 Å². The topological polar surface area (TPSA) is 26.0 Å². The molecular weight excluding hydrogens is 190 g/mol. The first-order chi connectivity index (χ1) is 6.80. The molecule has 1 saturated carbocycles. The van der Waals surface area contributed by atoms with Crippen LogP contribution in [0.5, 0.6) is 0 Å². The molecule has 1 aliphatic rings. The maximum Gasteiger partial charge on any atom is 0.0175 e. The van der Waals surface area contributed by atoms with E-state index in [4.69, 9.17) is 5.73 Å². The first kappa shape index (κ1) is 10.2. The van der Waals surface area contributed by atoms with Crippen molar-refractivity contribution in [3.05, 3.63) is 22.4 Å². The van der Waals surface area contributed by atoms with Crippen LogP contribution in [0.3, 0.4) is 0 Å². The molecule has 0 spiro atoms. The second kappa shape index (κ2) is 4.03. The molecule has 1 nitrogen and oxygen atoms in total. The Labute approximate surface area is 90.3 Å². The fourth-order valence-corrected chi connectivity index (χ4v) is 3.67. The Kier molecular flexibility index (Phi) is 2.93. The van der Waals surface area contributed by atoms with Gasteiger partial charge >= 0.3 is 0 Å². The minimum absolute atomic E-state index is 0.355. The van der Waals surface area contributed by atoms with Crippen LogP contribution in [0.15, 0.2) is 17.5 Å². The molecular formula is C12H19NS. The summed E-state index contributed by atoms with van der Waals surface area (Å²) in [6, 6.07) is 4.39. The second-order valence-corrected chi connectivity index (χ2v) is 5.47. The van der Waals surface area contributed by atoms with Gasteiger partial charge in [-0.3, -0.25) is 0 Å². The maximum absolute atomic E-state index is 5.93. The normalized spacial score (nSPS) is 31.4. The second-order valence-electron chi connectivity index (χ2n) is 4.52. The van der Waals surface area contributed by atoms with Crippen molar-refractivity contribution in [2.75, 3.05) is 6.54 Å². The molecule has 0 radical (unpaired) electrons. The Balaban J connectivity index is 2.02. The fourth-order valence-electron chi connectivity index (χ4n) is 2.71. The molecule has 0 amide bonds. The largest absolute Gasteiger partial charge is 0.330 e. The minimum Gasteiger partial charge on any atom is -0.330 e. The Morgan fingerprint density at radius 2 is 2.36 bits per heavy atom. The van der Waals surface area contributed by atoms with Crippen molar-refractivity contribution in [3.8, 4) is 0 Å². The third kappa shape index (κ3) is 1.61. The van der Waals surface area contributed by atoms with E-state index in [0.717, 1.165) is 12.5 Å². The molecule has 0 bridgehead atoms. The van der Waals surface area contributed by atoms with E-state index in [0.29, 0.717) is 5.41 Å². The molecule has 0 aromatic carbocycles. The molecule has 1 fully saturated rings. The summed E-state index contributed by atoms with van der Waals surface area (Å²) in [4.78, 5) is 1.51. The number of thiophene rings is 1. The number of nitrogens with two attached hydrogens (primary N) is 1. The van der Waals surface area contributed by atoms with E-state index < -0.39 is 0 Å². The molecule has 0 saturated heterocycles. The molecule has 0 unspecified atom stereocenters. The molecule has 1 aliphatic carbocycles. The van der Waals surface area contributed by atoms with Crippen LogP contribution in [0.25, 0.3) is 0 Å². The molecule has 14 heavy (non-hydrogen) atoms. The third-order valence-corrected chi connectivity index (χ3v) is 4.61. The maximum atomic E-state index is 5.93. The van der Waals surface area contributed by atoms with Gasteiger partial charge in [-0.1, -0.05) is 25.8 Å². The van der Waals surface area contributed by atoms with Crippen molar-refractivity contribution in [2.45, 2.75) is 38.0 Å². The molecule has 0 atom stereocenters. The summed E-state index contributed by atoms with van der Waals surface area (Å²) in [5.74, 6) is 0.936. The Hall–Kier alpha value is -0.340. The van der Waals surface area contributed by atoms with Gasteiger partial charge in [-0.15, -0.1) is 11.3 Å². The number of hydrogen-bond donors (Lipinski definition) is 1. The van der Waals surface area contributed by atoms with Crippen molar-refractivity contribution in [2.24, 2.45) is 11.7 Å². The number of rotatable bonds is 4. The summed E-state index contributed by atoms with van der Waals surface area (Å²) in [6.07, 6.45) is 5.33. The summed E-state index contributed by atoms with van der Waals surface area (Å²) in [5.41, 5.74) is 6.28. The van der Waals surface area contributed by atoms with E-state index in [2.05, 4.69) is 24.4 Å². The van der Waals surface area contributed by atoms with Crippen LogP contribution in [0, 0.1) is 5.92 Å². The molecule has 2 rings (SSSR count). The number of hydrogen-bond acceptors (Lipinski definition) is 2. The van der Waals surface area contributed by atoms with E-state index in [9.17, 15) is 0 Å². The highest BCUT2D eigenvalue weighted by atomic mass is 32.1. The third-order valence-electron chi connectivity index (χ3n) is 3.49. The first-order valence-electron chi connectivity index (χ1n) is 5.55. The Morgan fingerprint density at radius 1 is 1.57 bits per heavy atom. The first-order valence-corrected chi connectivity index (χ1v) is 6.43. The molecule has 2 heteroatoms. The lowest BCUT2D eigenvalue weighted by atomic mass is 9.60. The van der Waals surface area contributed by atoms with Crippen LogP contribution in [-0.4, -0.2) is 6.54 Å². The van der Waals surface area contributed by atoms with Crippen molar-refractivity contribution in [3.63, 3.8) is 0 Å². The van der Waals surface area contributed by atoms with Crippen molar-refractivity contribution in [1.82, 2.24) is 0 Å². The molecule has 1 heterocycles. The van der Waals surface area contributed by atoms with Crippen LogP contribution in [0.1, 0.15) is 37.5 Å². The summed E-state index contributed by atoms with van der Waals surface area (Å²) in [5, 5.41) is 2.17. The Bertz CT molecular complexity index is 273. The fraction of sp³-hybridized carbons (Fsp3) is 0.667. The monoisotopic (exact) mass is 209 g/mol. The van der Waals surface area contributed by atoms with Crippen LogP contribution in [0.2, 0.25) is 0 Å². The van der Waals surface area contributed by atoms with Crippen LogP contribution < -0.4 is 5.73 Å². The Morgan fingerprint density at radius 3 is 2.86 bits per heavy atom. The van der Waals surface area contributed by atoms with Gasteiger partial charge in [0.2, 0.25) is 0 Å². The van der Waals surface area contributed by atoms with Crippen LogP contribution >= 0.6 is 11.3 Å². The highest BCUT2D eigenvalue weighted by molar-refractivity contribution is 7.10. The van der Waals surface area contributed by atoms with Crippen LogP contribution in [-0.2, 0) is 5.41 Å². The molecule has 1 aromatic heterocycles. The highest BCUT2D eigenvalue weighted by Gasteiger charge is 2.44. The lowest BCUT2D eigenvalue weighted by Crippen LogP contribution is -2.46.